The van der Waals surface area contributed by atoms with Crippen molar-refractivity contribution in [2.45, 2.75) is 19.1 Å². The molecule has 2 atom stereocenters. The van der Waals surface area contributed by atoms with Gasteiger partial charge in [0.1, 0.15) is 11.9 Å². The zero-order valence-corrected chi connectivity index (χ0v) is 12.7. The van der Waals surface area contributed by atoms with Crippen LogP contribution in [0.3, 0.4) is 0 Å². The molecule has 19 heavy (non-hydrogen) atoms. The second-order valence-electron chi connectivity index (χ2n) is 4.46. The number of hydrogen-bond donors (Lipinski definition) is 1. The molecule has 2 aromatic carbocycles. The number of rotatable bonds is 5. The lowest BCUT2D eigenvalue weighted by atomic mass is 10.0. The summed E-state index contributed by atoms with van der Waals surface area (Å²) in [6.45, 7) is 2.12. The molecule has 0 aromatic heterocycles. The predicted octanol–water partition coefficient (Wildman–Crippen LogP) is 4.18. The summed E-state index contributed by atoms with van der Waals surface area (Å²) >= 11 is 3.52. The highest BCUT2D eigenvalue weighted by atomic mass is 79.9. The van der Waals surface area contributed by atoms with Crippen molar-refractivity contribution in [2.24, 2.45) is 0 Å². The van der Waals surface area contributed by atoms with Gasteiger partial charge in [-0.05, 0) is 47.6 Å². The van der Waals surface area contributed by atoms with Crippen molar-refractivity contribution >= 4 is 15.9 Å². The molecule has 0 saturated carbocycles. The molecule has 0 fully saturated rings. The van der Waals surface area contributed by atoms with Gasteiger partial charge in [0.2, 0.25) is 0 Å². The van der Waals surface area contributed by atoms with Gasteiger partial charge in [-0.3, -0.25) is 0 Å². The summed E-state index contributed by atoms with van der Waals surface area (Å²) in [5.41, 5.74) is 1.17. The molecule has 0 aliphatic carbocycles. The van der Waals surface area contributed by atoms with Crippen molar-refractivity contribution in [3.63, 3.8) is 0 Å². The van der Waals surface area contributed by atoms with Crippen molar-refractivity contribution in [3.8, 4) is 5.75 Å². The number of hydrogen-bond acceptors (Lipinski definition) is 2. The lowest BCUT2D eigenvalue weighted by Crippen LogP contribution is -2.32. The number of likely N-dealkylation sites (N-methyl/N-ethyl adjacent to an activating group) is 1. The fraction of sp³-hybridized carbons (Fsp3) is 0.250. The minimum absolute atomic E-state index is 0.0232. The highest BCUT2D eigenvalue weighted by molar-refractivity contribution is 9.10. The van der Waals surface area contributed by atoms with Gasteiger partial charge < -0.3 is 10.1 Å². The number of para-hydroxylation sites is 1. The van der Waals surface area contributed by atoms with E-state index in [9.17, 15) is 0 Å². The topological polar surface area (TPSA) is 21.3 Å². The van der Waals surface area contributed by atoms with Gasteiger partial charge in [-0.2, -0.15) is 0 Å². The first kappa shape index (κ1) is 14.1. The number of ether oxygens (including phenoxy) is 1. The smallest absolute Gasteiger partial charge is 0.139 e. The van der Waals surface area contributed by atoms with E-state index < -0.39 is 0 Å². The van der Waals surface area contributed by atoms with E-state index in [1.54, 1.807) is 0 Å². The van der Waals surface area contributed by atoms with Crippen LogP contribution in [0.1, 0.15) is 18.6 Å². The third kappa shape index (κ3) is 3.58. The molecule has 0 heterocycles. The van der Waals surface area contributed by atoms with Gasteiger partial charge in [0.25, 0.3) is 0 Å². The molecule has 0 unspecified atom stereocenters. The molecule has 0 saturated heterocycles. The minimum Gasteiger partial charge on any atom is -0.483 e. The standard InChI is InChI=1S/C16H18BrNO/c1-12(18-2)16(13-8-4-3-5-9-13)19-15-11-7-6-10-14(15)17/h3-12,16,18H,1-2H3/t12-,16-/m1/s1. The van der Waals surface area contributed by atoms with Gasteiger partial charge in [-0.15, -0.1) is 0 Å². The largest absolute Gasteiger partial charge is 0.483 e. The zero-order valence-electron chi connectivity index (χ0n) is 11.1. The number of halogens is 1. The van der Waals surface area contributed by atoms with Crippen LogP contribution in [0.15, 0.2) is 59.1 Å². The van der Waals surface area contributed by atoms with Crippen LogP contribution in [0.2, 0.25) is 0 Å². The second-order valence-corrected chi connectivity index (χ2v) is 5.31. The molecule has 0 amide bonds. The quantitative estimate of drug-likeness (QED) is 0.892. The van der Waals surface area contributed by atoms with Gasteiger partial charge in [0, 0.05) is 6.04 Å². The first-order chi connectivity index (χ1) is 9.22. The molecule has 2 nitrogen and oxygen atoms in total. The van der Waals surface area contributed by atoms with Crippen LogP contribution in [0.4, 0.5) is 0 Å². The summed E-state index contributed by atoms with van der Waals surface area (Å²) in [7, 11) is 1.95. The average Bonchev–Trinajstić information content (AvgIpc) is 2.46. The maximum atomic E-state index is 6.17. The van der Waals surface area contributed by atoms with Crippen molar-refractivity contribution < 1.29 is 4.74 Å². The molecular weight excluding hydrogens is 302 g/mol. The van der Waals surface area contributed by atoms with Crippen LogP contribution in [0.25, 0.3) is 0 Å². The zero-order chi connectivity index (χ0) is 13.7. The van der Waals surface area contributed by atoms with Crippen LogP contribution >= 0.6 is 15.9 Å². The third-order valence-corrected chi connectivity index (χ3v) is 3.78. The molecule has 2 rings (SSSR count). The monoisotopic (exact) mass is 319 g/mol. The highest BCUT2D eigenvalue weighted by Crippen LogP contribution is 2.30. The fourth-order valence-electron chi connectivity index (χ4n) is 1.93. The first-order valence-electron chi connectivity index (χ1n) is 6.35. The average molecular weight is 320 g/mol. The Bertz CT molecular complexity index is 515. The maximum Gasteiger partial charge on any atom is 0.139 e. The normalized spacial score (nSPS) is 13.8. The van der Waals surface area contributed by atoms with E-state index in [1.165, 1.54) is 5.56 Å². The Hall–Kier alpha value is -1.32. The highest BCUT2D eigenvalue weighted by Gasteiger charge is 2.20. The Labute approximate surface area is 122 Å². The fourth-order valence-corrected chi connectivity index (χ4v) is 2.31. The number of nitrogens with one attached hydrogen (secondary N) is 1. The van der Waals surface area contributed by atoms with Crippen LogP contribution in [-0.2, 0) is 0 Å². The van der Waals surface area contributed by atoms with Crippen LogP contribution < -0.4 is 10.1 Å². The van der Waals surface area contributed by atoms with E-state index >= 15 is 0 Å². The Morgan fingerprint density at radius 2 is 1.63 bits per heavy atom. The Kier molecular flexibility index (Phi) is 5.00. The van der Waals surface area contributed by atoms with Crippen molar-refractivity contribution in [1.29, 1.82) is 0 Å². The summed E-state index contributed by atoms with van der Waals surface area (Å²) in [5.74, 6) is 0.860. The molecule has 0 radical (unpaired) electrons. The van der Waals surface area contributed by atoms with E-state index in [0.717, 1.165) is 10.2 Å². The van der Waals surface area contributed by atoms with Gasteiger partial charge in [0.15, 0.2) is 0 Å². The molecule has 100 valence electrons. The summed E-state index contributed by atoms with van der Waals surface area (Å²) < 4.78 is 7.15. The van der Waals surface area contributed by atoms with Gasteiger partial charge in [-0.1, -0.05) is 42.5 Å². The molecule has 0 aliphatic heterocycles. The van der Waals surface area contributed by atoms with E-state index in [1.807, 2.05) is 49.5 Å². The van der Waals surface area contributed by atoms with Gasteiger partial charge in [0.05, 0.1) is 4.47 Å². The van der Waals surface area contributed by atoms with Crippen molar-refractivity contribution in [2.75, 3.05) is 7.05 Å². The van der Waals surface area contributed by atoms with Crippen LogP contribution in [-0.4, -0.2) is 13.1 Å². The molecule has 0 bridgehead atoms. The third-order valence-electron chi connectivity index (χ3n) is 3.13. The van der Waals surface area contributed by atoms with E-state index in [-0.39, 0.29) is 12.1 Å². The molecule has 2 aromatic rings. The molecule has 3 heteroatoms. The van der Waals surface area contributed by atoms with Crippen molar-refractivity contribution in [1.82, 2.24) is 5.32 Å². The lowest BCUT2D eigenvalue weighted by Gasteiger charge is -2.25. The summed E-state index contributed by atoms with van der Waals surface area (Å²) in [6, 6.07) is 18.4. The molecule has 0 aliphatic rings. The van der Waals surface area contributed by atoms with Crippen molar-refractivity contribution in [3.05, 3.63) is 64.6 Å². The SMILES string of the molecule is CN[C@H](C)[C@@H](Oc1ccccc1Br)c1ccccc1. The molecule has 1 N–H and O–H groups in total. The van der Waals surface area contributed by atoms with E-state index in [0.29, 0.717) is 0 Å². The van der Waals surface area contributed by atoms with Crippen LogP contribution in [0.5, 0.6) is 5.75 Å². The van der Waals surface area contributed by atoms with Gasteiger partial charge in [-0.25, -0.2) is 0 Å². The Balaban J connectivity index is 2.27. The molecule has 0 spiro atoms. The molecular formula is C16H18BrNO. The summed E-state index contributed by atoms with van der Waals surface area (Å²) in [5, 5.41) is 3.26. The maximum absolute atomic E-state index is 6.17. The second kappa shape index (κ2) is 6.73. The Morgan fingerprint density at radius 3 is 2.26 bits per heavy atom. The lowest BCUT2D eigenvalue weighted by molar-refractivity contribution is 0.165. The van der Waals surface area contributed by atoms with Crippen LogP contribution in [0, 0.1) is 0 Å². The summed E-state index contributed by atoms with van der Waals surface area (Å²) in [4.78, 5) is 0. The summed E-state index contributed by atoms with van der Waals surface area (Å²) in [6.07, 6.45) is -0.0232. The van der Waals surface area contributed by atoms with E-state index in [2.05, 4.69) is 40.3 Å². The van der Waals surface area contributed by atoms with E-state index in [4.69, 9.17) is 4.74 Å². The predicted molar refractivity (Wildman–Crippen MR) is 82.5 cm³/mol. The van der Waals surface area contributed by atoms with Gasteiger partial charge >= 0.3 is 0 Å². The Morgan fingerprint density at radius 1 is 1.00 bits per heavy atom. The number of benzene rings is 2. The first-order valence-corrected chi connectivity index (χ1v) is 7.15. The minimum atomic E-state index is -0.0232.